The Hall–Kier alpha value is -1.66. The Morgan fingerprint density at radius 2 is 2.10 bits per heavy atom. The van der Waals surface area contributed by atoms with Gasteiger partial charge in [-0.3, -0.25) is 10.1 Å². The third kappa shape index (κ3) is 2.36. The van der Waals surface area contributed by atoms with Crippen LogP contribution in [0.4, 0.5) is 5.69 Å². The third-order valence-corrected chi connectivity index (χ3v) is 3.61. The Bertz CT molecular complexity index is 682. The molecule has 0 atom stereocenters. The van der Waals surface area contributed by atoms with E-state index in [2.05, 4.69) is 10.2 Å². The summed E-state index contributed by atoms with van der Waals surface area (Å²) in [6.45, 7) is 0. The lowest BCUT2D eigenvalue weighted by Crippen LogP contribution is -2.02. The van der Waals surface area contributed by atoms with Crippen LogP contribution in [0.2, 0.25) is 5.02 Å². The smallest absolute Gasteiger partial charge is 0.271 e. The van der Waals surface area contributed by atoms with Crippen molar-refractivity contribution < 1.29 is 4.92 Å². The second-order valence-electron chi connectivity index (χ2n) is 4.63. The molecule has 1 aromatic carbocycles. The van der Waals surface area contributed by atoms with Gasteiger partial charge in [0.05, 0.1) is 10.8 Å². The largest absolute Gasteiger partial charge is 0.307 e. The van der Waals surface area contributed by atoms with Gasteiger partial charge in [-0.05, 0) is 18.9 Å². The van der Waals surface area contributed by atoms with Crippen LogP contribution in [0.5, 0.6) is 0 Å². The van der Waals surface area contributed by atoms with Gasteiger partial charge in [-0.2, -0.15) is 0 Å². The predicted octanol–water partition coefficient (Wildman–Crippen LogP) is 3.58. The molecule has 0 N–H and O–H groups in total. The van der Waals surface area contributed by atoms with Gasteiger partial charge in [0, 0.05) is 28.8 Å². The summed E-state index contributed by atoms with van der Waals surface area (Å²) in [6, 6.07) is 4.74. The van der Waals surface area contributed by atoms with Crippen LogP contribution >= 0.6 is 23.2 Å². The van der Waals surface area contributed by atoms with E-state index in [0.29, 0.717) is 28.3 Å². The SMILES string of the molecule is O=[N+]([O-])c1cc(Cl)cc(-c2nnc(CCl)n2C2CC2)c1. The summed E-state index contributed by atoms with van der Waals surface area (Å²) in [5, 5.41) is 19.4. The van der Waals surface area contributed by atoms with Gasteiger partial charge in [0.1, 0.15) is 5.82 Å². The van der Waals surface area contributed by atoms with E-state index in [-0.39, 0.29) is 11.6 Å². The first kappa shape index (κ1) is 13.3. The number of halogens is 2. The lowest BCUT2D eigenvalue weighted by atomic mass is 10.2. The highest BCUT2D eigenvalue weighted by molar-refractivity contribution is 6.31. The van der Waals surface area contributed by atoms with Gasteiger partial charge >= 0.3 is 0 Å². The number of nitro groups is 1. The zero-order chi connectivity index (χ0) is 14.3. The van der Waals surface area contributed by atoms with Crippen LogP contribution in [-0.2, 0) is 5.88 Å². The van der Waals surface area contributed by atoms with Gasteiger partial charge in [-0.1, -0.05) is 11.6 Å². The van der Waals surface area contributed by atoms with Gasteiger partial charge < -0.3 is 4.57 Å². The van der Waals surface area contributed by atoms with Crippen LogP contribution in [-0.4, -0.2) is 19.7 Å². The molecular formula is C12H10Cl2N4O2. The molecule has 0 bridgehead atoms. The Labute approximate surface area is 124 Å². The summed E-state index contributed by atoms with van der Waals surface area (Å²) >= 11 is 11.8. The highest BCUT2D eigenvalue weighted by Gasteiger charge is 2.30. The third-order valence-electron chi connectivity index (χ3n) is 3.15. The molecule has 1 aromatic heterocycles. The number of aromatic nitrogens is 3. The van der Waals surface area contributed by atoms with E-state index in [1.165, 1.54) is 12.1 Å². The molecule has 8 heteroatoms. The fourth-order valence-corrected chi connectivity index (χ4v) is 2.55. The molecule has 0 radical (unpaired) electrons. The van der Waals surface area contributed by atoms with Crippen LogP contribution in [0.1, 0.15) is 24.7 Å². The van der Waals surface area contributed by atoms with E-state index in [4.69, 9.17) is 23.2 Å². The molecule has 3 rings (SSSR count). The van der Waals surface area contributed by atoms with Gasteiger partial charge in [0.15, 0.2) is 5.82 Å². The Kier molecular flexibility index (Phi) is 3.35. The number of hydrogen-bond donors (Lipinski definition) is 0. The quantitative estimate of drug-likeness (QED) is 0.491. The molecule has 1 heterocycles. The van der Waals surface area contributed by atoms with Crippen molar-refractivity contribution in [1.29, 1.82) is 0 Å². The highest BCUT2D eigenvalue weighted by atomic mass is 35.5. The first-order chi connectivity index (χ1) is 9.60. The molecule has 0 saturated heterocycles. The molecule has 104 valence electrons. The number of rotatable bonds is 4. The minimum absolute atomic E-state index is 0.0646. The lowest BCUT2D eigenvalue weighted by Gasteiger charge is -2.07. The Balaban J connectivity index is 2.13. The minimum atomic E-state index is -0.477. The number of nitrogens with zero attached hydrogens (tertiary/aromatic N) is 4. The fraction of sp³-hybridized carbons (Fsp3) is 0.333. The maximum atomic E-state index is 10.9. The van der Waals surface area contributed by atoms with Crippen molar-refractivity contribution in [3.63, 3.8) is 0 Å². The predicted molar refractivity (Wildman–Crippen MR) is 75.0 cm³/mol. The van der Waals surface area contributed by atoms with Crippen LogP contribution in [0.3, 0.4) is 0 Å². The van der Waals surface area contributed by atoms with E-state index < -0.39 is 4.92 Å². The summed E-state index contributed by atoms with van der Waals surface area (Å²) in [7, 11) is 0. The average molecular weight is 313 g/mol. The van der Waals surface area contributed by atoms with Gasteiger partial charge in [-0.15, -0.1) is 21.8 Å². The molecule has 1 aliphatic rings. The Morgan fingerprint density at radius 3 is 2.70 bits per heavy atom. The second-order valence-corrected chi connectivity index (χ2v) is 5.33. The topological polar surface area (TPSA) is 73.8 Å². The zero-order valence-electron chi connectivity index (χ0n) is 10.3. The molecule has 0 unspecified atom stereocenters. The van der Waals surface area contributed by atoms with Gasteiger partial charge in [0.2, 0.25) is 0 Å². The molecule has 1 saturated carbocycles. The van der Waals surface area contributed by atoms with Crippen molar-refractivity contribution in [1.82, 2.24) is 14.8 Å². The van der Waals surface area contributed by atoms with E-state index in [1.54, 1.807) is 6.07 Å². The van der Waals surface area contributed by atoms with Gasteiger partial charge in [-0.25, -0.2) is 0 Å². The minimum Gasteiger partial charge on any atom is -0.307 e. The summed E-state index contributed by atoms with van der Waals surface area (Å²) < 4.78 is 1.95. The van der Waals surface area contributed by atoms with Crippen LogP contribution in [0.15, 0.2) is 18.2 Å². The van der Waals surface area contributed by atoms with Crippen molar-refractivity contribution in [3.8, 4) is 11.4 Å². The standard InChI is InChI=1S/C12H10Cl2N4O2/c13-6-11-15-16-12(17(11)9-1-2-9)7-3-8(14)5-10(4-7)18(19)20/h3-5,9H,1-2,6H2. The van der Waals surface area contributed by atoms with E-state index in [1.807, 2.05) is 4.57 Å². The Morgan fingerprint density at radius 1 is 1.35 bits per heavy atom. The number of hydrogen-bond acceptors (Lipinski definition) is 4. The molecule has 0 spiro atoms. The maximum Gasteiger partial charge on any atom is 0.271 e. The van der Waals surface area contributed by atoms with Crippen molar-refractivity contribution in [2.24, 2.45) is 0 Å². The zero-order valence-corrected chi connectivity index (χ0v) is 11.8. The molecule has 20 heavy (non-hydrogen) atoms. The van der Waals surface area contributed by atoms with Crippen LogP contribution in [0, 0.1) is 10.1 Å². The number of nitro benzene ring substituents is 1. The second kappa shape index (κ2) is 5.03. The van der Waals surface area contributed by atoms with Gasteiger partial charge in [0.25, 0.3) is 5.69 Å². The average Bonchev–Trinajstić information content (AvgIpc) is 3.16. The van der Waals surface area contributed by atoms with E-state index >= 15 is 0 Å². The summed E-state index contributed by atoms with van der Waals surface area (Å²) in [5.74, 6) is 1.51. The number of non-ortho nitro benzene ring substituents is 1. The highest BCUT2D eigenvalue weighted by Crippen LogP contribution is 2.40. The summed E-state index contributed by atoms with van der Waals surface area (Å²) in [6.07, 6.45) is 2.08. The van der Waals surface area contributed by atoms with Crippen LogP contribution in [0.25, 0.3) is 11.4 Å². The summed E-state index contributed by atoms with van der Waals surface area (Å²) in [5.41, 5.74) is 0.519. The van der Waals surface area contributed by atoms with Crippen molar-refractivity contribution in [3.05, 3.63) is 39.2 Å². The normalized spacial score (nSPS) is 14.5. The van der Waals surface area contributed by atoms with Crippen molar-refractivity contribution in [2.75, 3.05) is 0 Å². The van der Waals surface area contributed by atoms with E-state index in [9.17, 15) is 10.1 Å². The maximum absolute atomic E-state index is 10.9. The lowest BCUT2D eigenvalue weighted by molar-refractivity contribution is -0.384. The molecule has 6 nitrogen and oxygen atoms in total. The first-order valence-corrected chi connectivity index (χ1v) is 6.96. The molecular weight excluding hydrogens is 303 g/mol. The first-order valence-electron chi connectivity index (χ1n) is 6.05. The molecule has 0 aliphatic heterocycles. The number of benzene rings is 1. The molecule has 1 fully saturated rings. The molecule has 0 amide bonds. The fourth-order valence-electron chi connectivity index (χ4n) is 2.14. The van der Waals surface area contributed by atoms with E-state index in [0.717, 1.165) is 12.8 Å². The van der Waals surface area contributed by atoms with Crippen LogP contribution < -0.4 is 0 Å². The number of alkyl halides is 1. The van der Waals surface area contributed by atoms with Crippen molar-refractivity contribution in [2.45, 2.75) is 24.8 Å². The monoisotopic (exact) mass is 312 g/mol. The summed E-state index contributed by atoms with van der Waals surface area (Å²) in [4.78, 5) is 10.4. The molecule has 1 aliphatic carbocycles. The van der Waals surface area contributed by atoms with Crippen molar-refractivity contribution >= 4 is 28.9 Å². The molecule has 2 aromatic rings.